The fourth-order valence-electron chi connectivity index (χ4n) is 1.61. The number of aryl methyl sites for hydroxylation is 1. The molecule has 3 aromatic heterocycles. The van der Waals surface area contributed by atoms with E-state index in [2.05, 4.69) is 52.4 Å². The molecule has 0 radical (unpaired) electrons. The summed E-state index contributed by atoms with van der Waals surface area (Å²) in [5, 5.41) is 16.8. The van der Waals surface area contributed by atoms with Crippen LogP contribution in [0.1, 0.15) is 11.6 Å². The molecular formula is C11H9Br2N5O2. The van der Waals surface area contributed by atoms with Gasteiger partial charge in [0.15, 0.2) is 10.4 Å². The molecule has 0 unspecified atom stereocenters. The quantitative estimate of drug-likeness (QED) is 0.610. The molecule has 0 aliphatic rings. The monoisotopic (exact) mass is 401 g/mol. The highest BCUT2D eigenvalue weighted by atomic mass is 79.9. The van der Waals surface area contributed by atoms with Crippen LogP contribution < -0.4 is 0 Å². The Morgan fingerprint density at radius 1 is 1.15 bits per heavy atom. The smallest absolute Gasteiger partial charge is 0.283 e. The van der Waals surface area contributed by atoms with Crippen LogP contribution in [0, 0.1) is 0 Å². The first-order valence-corrected chi connectivity index (χ1v) is 7.69. The molecule has 0 aromatic carbocycles. The van der Waals surface area contributed by atoms with Crippen LogP contribution in [0.15, 0.2) is 31.8 Å². The zero-order valence-corrected chi connectivity index (χ0v) is 13.3. The fraction of sp³-hybridized carbons (Fsp3) is 0.273. The second-order valence-corrected chi connectivity index (χ2v) is 5.53. The van der Waals surface area contributed by atoms with Crippen molar-refractivity contribution in [1.29, 1.82) is 0 Å². The third-order valence-corrected chi connectivity index (χ3v) is 3.31. The highest BCUT2D eigenvalue weighted by Crippen LogP contribution is 2.23. The van der Waals surface area contributed by atoms with Gasteiger partial charge in [-0.05, 0) is 28.1 Å². The van der Waals surface area contributed by atoms with E-state index in [1.54, 1.807) is 16.8 Å². The molecule has 3 rings (SSSR count). The third-order valence-electron chi connectivity index (χ3n) is 2.48. The van der Waals surface area contributed by atoms with Crippen molar-refractivity contribution in [1.82, 2.24) is 25.2 Å². The summed E-state index contributed by atoms with van der Waals surface area (Å²) < 4.78 is 13.1. The minimum atomic E-state index is 0.339. The van der Waals surface area contributed by atoms with Crippen LogP contribution in [-0.4, -0.2) is 30.5 Å². The molecule has 0 bridgehead atoms. The zero-order chi connectivity index (χ0) is 13.9. The molecule has 0 aliphatic carbocycles. The topological polar surface area (TPSA) is 82.8 Å². The molecule has 20 heavy (non-hydrogen) atoms. The first kappa shape index (κ1) is 13.5. The van der Waals surface area contributed by atoms with Crippen LogP contribution in [0.4, 0.5) is 0 Å². The lowest BCUT2D eigenvalue weighted by molar-refractivity contribution is 0.451. The van der Waals surface area contributed by atoms with Gasteiger partial charge in [0.05, 0.1) is 5.69 Å². The normalized spacial score (nSPS) is 11.1. The van der Waals surface area contributed by atoms with E-state index in [0.29, 0.717) is 28.8 Å². The zero-order valence-electron chi connectivity index (χ0n) is 10.2. The Balaban J connectivity index is 1.73. The van der Waals surface area contributed by atoms with Gasteiger partial charge in [-0.1, -0.05) is 21.1 Å². The first-order chi connectivity index (χ1) is 9.74. The van der Waals surface area contributed by atoms with E-state index in [1.807, 2.05) is 6.20 Å². The van der Waals surface area contributed by atoms with Gasteiger partial charge in [0.1, 0.15) is 6.54 Å². The number of hydrogen-bond donors (Lipinski definition) is 0. The van der Waals surface area contributed by atoms with E-state index in [9.17, 15) is 0 Å². The molecule has 0 spiro atoms. The SMILES string of the molecule is BrCCc1cn(Cc2nnc(-c3ccc(Br)o3)o2)nn1. The Bertz CT molecular complexity index is 705. The lowest BCUT2D eigenvalue weighted by atomic mass is 10.4. The molecule has 3 aromatic rings. The summed E-state index contributed by atoms with van der Waals surface area (Å²) in [6, 6.07) is 3.52. The van der Waals surface area contributed by atoms with E-state index in [0.717, 1.165) is 17.4 Å². The predicted octanol–water partition coefficient (Wildman–Crippen LogP) is 2.67. The number of nitrogens with zero attached hydrogens (tertiary/aromatic N) is 5. The number of hydrogen-bond acceptors (Lipinski definition) is 6. The minimum absolute atomic E-state index is 0.339. The summed E-state index contributed by atoms with van der Waals surface area (Å²) in [5.74, 6) is 1.31. The summed E-state index contributed by atoms with van der Waals surface area (Å²) >= 11 is 6.59. The molecular weight excluding hydrogens is 394 g/mol. The van der Waals surface area contributed by atoms with Gasteiger partial charge in [0.2, 0.25) is 5.89 Å². The average Bonchev–Trinajstić information content (AvgIpc) is 3.12. The molecule has 0 saturated heterocycles. The largest absolute Gasteiger partial charge is 0.444 e. The van der Waals surface area contributed by atoms with Gasteiger partial charge in [-0.2, -0.15) is 0 Å². The van der Waals surface area contributed by atoms with E-state index in [4.69, 9.17) is 8.83 Å². The molecule has 0 atom stereocenters. The highest BCUT2D eigenvalue weighted by Gasteiger charge is 2.13. The van der Waals surface area contributed by atoms with Crippen molar-refractivity contribution in [2.45, 2.75) is 13.0 Å². The van der Waals surface area contributed by atoms with Crippen molar-refractivity contribution in [3.8, 4) is 11.7 Å². The number of rotatable bonds is 5. The van der Waals surface area contributed by atoms with Crippen LogP contribution in [0.3, 0.4) is 0 Å². The molecule has 0 fully saturated rings. The van der Waals surface area contributed by atoms with Crippen molar-refractivity contribution in [2.75, 3.05) is 5.33 Å². The molecule has 104 valence electrons. The van der Waals surface area contributed by atoms with Gasteiger partial charge in [0.25, 0.3) is 5.89 Å². The molecule has 0 N–H and O–H groups in total. The standard InChI is InChI=1S/C11H9Br2N5O2/c12-4-3-7-5-18(17-14-7)6-10-15-16-11(20-10)8-1-2-9(13)19-8/h1-2,5H,3-4,6H2. The molecule has 7 nitrogen and oxygen atoms in total. The lowest BCUT2D eigenvalue weighted by Crippen LogP contribution is -2.00. The highest BCUT2D eigenvalue weighted by molar-refractivity contribution is 9.10. The summed E-state index contributed by atoms with van der Waals surface area (Å²) in [7, 11) is 0. The van der Waals surface area contributed by atoms with E-state index >= 15 is 0 Å². The molecule has 0 amide bonds. The van der Waals surface area contributed by atoms with E-state index < -0.39 is 0 Å². The Morgan fingerprint density at radius 3 is 2.80 bits per heavy atom. The van der Waals surface area contributed by atoms with Gasteiger partial charge in [-0.3, -0.25) is 0 Å². The Hall–Kier alpha value is -1.48. The van der Waals surface area contributed by atoms with Crippen molar-refractivity contribution >= 4 is 31.9 Å². The number of alkyl halides is 1. The number of furan rings is 1. The van der Waals surface area contributed by atoms with Crippen molar-refractivity contribution in [2.24, 2.45) is 0 Å². The maximum Gasteiger partial charge on any atom is 0.283 e. The summed E-state index contributed by atoms with van der Waals surface area (Å²) in [4.78, 5) is 0. The third kappa shape index (κ3) is 2.98. The number of aromatic nitrogens is 5. The van der Waals surface area contributed by atoms with Crippen LogP contribution in [0.25, 0.3) is 11.7 Å². The molecule has 0 aliphatic heterocycles. The summed E-state index contributed by atoms with van der Waals surface area (Å²) in [6.45, 7) is 0.379. The van der Waals surface area contributed by atoms with Gasteiger partial charge >= 0.3 is 0 Å². The fourth-order valence-corrected chi connectivity index (χ4v) is 2.32. The van der Waals surface area contributed by atoms with Gasteiger partial charge in [-0.25, -0.2) is 4.68 Å². The van der Waals surface area contributed by atoms with E-state index in [-0.39, 0.29) is 0 Å². The van der Waals surface area contributed by atoms with Crippen LogP contribution in [-0.2, 0) is 13.0 Å². The Morgan fingerprint density at radius 2 is 2.05 bits per heavy atom. The number of halogens is 2. The van der Waals surface area contributed by atoms with Crippen molar-refractivity contribution < 1.29 is 8.83 Å². The summed E-state index contributed by atoms with van der Waals surface area (Å²) in [5.41, 5.74) is 0.913. The van der Waals surface area contributed by atoms with Crippen LogP contribution in [0.5, 0.6) is 0 Å². The average molecular weight is 403 g/mol. The van der Waals surface area contributed by atoms with Crippen LogP contribution >= 0.6 is 31.9 Å². The van der Waals surface area contributed by atoms with Gasteiger partial charge < -0.3 is 8.83 Å². The minimum Gasteiger partial charge on any atom is -0.444 e. The van der Waals surface area contributed by atoms with Gasteiger partial charge in [0, 0.05) is 17.9 Å². The molecule has 3 heterocycles. The molecule has 9 heteroatoms. The maximum absolute atomic E-state index is 5.52. The predicted molar refractivity (Wildman–Crippen MR) is 76.3 cm³/mol. The maximum atomic E-state index is 5.52. The lowest BCUT2D eigenvalue weighted by Gasteiger charge is -1.93. The second kappa shape index (κ2) is 5.88. The van der Waals surface area contributed by atoms with Gasteiger partial charge in [-0.15, -0.1) is 15.3 Å². The Labute approximate surface area is 130 Å². The second-order valence-electron chi connectivity index (χ2n) is 3.95. The van der Waals surface area contributed by atoms with E-state index in [1.165, 1.54) is 0 Å². The van der Waals surface area contributed by atoms with Crippen LogP contribution in [0.2, 0.25) is 0 Å². The van der Waals surface area contributed by atoms with Crippen molar-refractivity contribution in [3.63, 3.8) is 0 Å². The summed E-state index contributed by atoms with van der Waals surface area (Å²) in [6.07, 6.45) is 2.68. The van der Waals surface area contributed by atoms with Crippen molar-refractivity contribution in [3.05, 3.63) is 34.6 Å². The first-order valence-electron chi connectivity index (χ1n) is 5.77. The Kier molecular flexibility index (Phi) is 3.97. The molecule has 0 saturated carbocycles.